The largest absolute Gasteiger partial charge is 0.471 e. The van der Waals surface area contributed by atoms with Crippen molar-refractivity contribution in [2.75, 3.05) is 12.0 Å². The number of rotatable bonds is 6. The molecule has 1 aromatic rings. The lowest BCUT2D eigenvalue weighted by molar-refractivity contribution is 0.0790. The molecular weight excluding hydrogens is 218 g/mol. The SMILES string of the molecule is CCCc1c(NN)ncnc1OCC(F)F. The van der Waals surface area contributed by atoms with Crippen LogP contribution in [0.5, 0.6) is 5.88 Å². The Morgan fingerprint density at radius 3 is 2.81 bits per heavy atom. The first-order valence-corrected chi connectivity index (χ1v) is 4.90. The summed E-state index contributed by atoms with van der Waals surface area (Å²) in [5.74, 6) is 5.82. The number of nitrogen functional groups attached to an aromatic ring is 1. The second-order valence-corrected chi connectivity index (χ2v) is 3.10. The lowest BCUT2D eigenvalue weighted by atomic mass is 10.2. The van der Waals surface area contributed by atoms with Crippen LogP contribution >= 0.6 is 0 Å². The van der Waals surface area contributed by atoms with Gasteiger partial charge in [0.1, 0.15) is 12.1 Å². The molecule has 5 nitrogen and oxygen atoms in total. The first-order chi connectivity index (χ1) is 7.69. The molecule has 0 bridgehead atoms. The number of halogens is 2. The number of hydrogen-bond donors (Lipinski definition) is 2. The number of aromatic nitrogens is 2. The van der Waals surface area contributed by atoms with Gasteiger partial charge in [0.2, 0.25) is 5.88 Å². The van der Waals surface area contributed by atoms with Crippen LogP contribution in [-0.2, 0) is 6.42 Å². The van der Waals surface area contributed by atoms with Crippen molar-refractivity contribution in [3.63, 3.8) is 0 Å². The summed E-state index contributed by atoms with van der Waals surface area (Å²) in [7, 11) is 0. The fourth-order valence-electron chi connectivity index (χ4n) is 1.26. The van der Waals surface area contributed by atoms with Crippen LogP contribution in [0.25, 0.3) is 0 Å². The highest BCUT2D eigenvalue weighted by atomic mass is 19.3. The second-order valence-electron chi connectivity index (χ2n) is 3.10. The molecule has 3 N–H and O–H groups in total. The van der Waals surface area contributed by atoms with E-state index in [4.69, 9.17) is 10.6 Å². The van der Waals surface area contributed by atoms with Crippen LogP contribution in [0.4, 0.5) is 14.6 Å². The van der Waals surface area contributed by atoms with Crippen molar-refractivity contribution in [3.8, 4) is 5.88 Å². The van der Waals surface area contributed by atoms with E-state index >= 15 is 0 Å². The van der Waals surface area contributed by atoms with Gasteiger partial charge in [-0.25, -0.2) is 24.6 Å². The van der Waals surface area contributed by atoms with Crippen LogP contribution < -0.4 is 16.0 Å². The van der Waals surface area contributed by atoms with Gasteiger partial charge in [-0.3, -0.25) is 0 Å². The number of nitrogens with two attached hydrogens (primary N) is 1. The van der Waals surface area contributed by atoms with Crippen LogP contribution in [0.2, 0.25) is 0 Å². The van der Waals surface area contributed by atoms with Crippen LogP contribution in [0.15, 0.2) is 6.33 Å². The summed E-state index contributed by atoms with van der Waals surface area (Å²) >= 11 is 0. The summed E-state index contributed by atoms with van der Waals surface area (Å²) in [6.45, 7) is 1.27. The van der Waals surface area contributed by atoms with Crippen molar-refractivity contribution in [3.05, 3.63) is 11.9 Å². The number of anilines is 1. The van der Waals surface area contributed by atoms with Crippen molar-refractivity contribution in [2.45, 2.75) is 26.2 Å². The number of nitrogens with one attached hydrogen (secondary N) is 1. The van der Waals surface area contributed by atoms with Gasteiger partial charge in [0.15, 0.2) is 6.61 Å². The Labute approximate surface area is 92.0 Å². The van der Waals surface area contributed by atoms with Gasteiger partial charge in [-0.2, -0.15) is 0 Å². The Bertz CT molecular complexity index is 335. The quantitative estimate of drug-likeness (QED) is 0.572. The van der Waals surface area contributed by atoms with Gasteiger partial charge in [0.05, 0.1) is 5.56 Å². The first-order valence-electron chi connectivity index (χ1n) is 4.90. The minimum absolute atomic E-state index is 0.157. The highest BCUT2D eigenvalue weighted by Crippen LogP contribution is 2.23. The third kappa shape index (κ3) is 3.27. The molecule has 0 aromatic carbocycles. The van der Waals surface area contributed by atoms with Gasteiger partial charge >= 0.3 is 0 Å². The Balaban J connectivity index is 2.88. The third-order valence-electron chi connectivity index (χ3n) is 1.89. The molecule has 0 fully saturated rings. The standard InChI is InChI=1S/C9H14F2N4O/c1-2-3-6-8(15-12)13-5-14-9(6)16-4-7(10)11/h5,7H,2-4,12H2,1H3,(H,13,14,15). The maximum atomic E-state index is 12.0. The monoisotopic (exact) mass is 232 g/mol. The highest BCUT2D eigenvalue weighted by Gasteiger charge is 2.13. The van der Waals surface area contributed by atoms with Gasteiger partial charge in [-0.15, -0.1) is 0 Å². The molecule has 1 heterocycles. The van der Waals surface area contributed by atoms with E-state index in [1.54, 1.807) is 0 Å². The lowest BCUT2D eigenvalue weighted by Gasteiger charge is -2.12. The van der Waals surface area contributed by atoms with Crippen molar-refractivity contribution < 1.29 is 13.5 Å². The summed E-state index contributed by atoms with van der Waals surface area (Å²) in [5, 5.41) is 0. The molecule has 0 atom stereocenters. The normalized spacial score (nSPS) is 10.6. The van der Waals surface area contributed by atoms with Crippen LogP contribution in [-0.4, -0.2) is 23.0 Å². The molecule has 0 amide bonds. The van der Waals surface area contributed by atoms with E-state index in [1.165, 1.54) is 6.33 Å². The minimum Gasteiger partial charge on any atom is -0.471 e. The zero-order valence-corrected chi connectivity index (χ0v) is 8.91. The Kier molecular flexibility index (Phi) is 4.84. The van der Waals surface area contributed by atoms with Gasteiger partial charge in [0, 0.05) is 0 Å². The topological polar surface area (TPSA) is 73.1 Å². The first kappa shape index (κ1) is 12.6. The molecule has 1 rings (SSSR count). The van der Waals surface area contributed by atoms with E-state index in [0.29, 0.717) is 17.8 Å². The van der Waals surface area contributed by atoms with Crippen molar-refractivity contribution in [2.24, 2.45) is 5.84 Å². The van der Waals surface area contributed by atoms with E-state index in [2.05, 4.69) is 15.4 Å². The minimum atomic E-state index is -2.53. The number of nitrogens with zero attached hydrogens (tertiary/aromatic N) is 2. The second kappa shape index (κ2) is 6.16. The number of hydrogen-bond acceptors (Lipinski definition) is 5. The molecule has 0 saturated carbocycles. The summed E-state index contributed by atoms with van der Waals surface area (Å²) in [6.07, 6.45) is 0.111. The smallest absolute Gasteiger partial charge is 0.272 e. The number of alkyl halides is 2. The maximum Gasteiger partial charge on any atom is 0.272 e. The fraction of sp³-hybridized carbons (Fsp3) is 0.556. The van der Waals surface area contributed by atoms with Crippen LogP contribution in [0.1, 0.15) is 18.9 Å². The summed E-state index contributed by atoms with van der Waals surface area (Å²) < 4.78 is 28.9. The van der Waals surface area contributed by atoms with Gasteiger partial charge in [-0.05, 0) is 6.42 Å². The Morgan fingerprint density at radius 2 is 2.25 bits per heavy atom. The van der Waals surface area contributed by atoms with Crippen LogP contribution in [0.3, 0.4) is 0 Å². The van der Waals surface area contributed by atoms with Crippen molar-refractivity contribution >= 4 is 5.82 Å². The average molecular weight is 232 g/mol. The van der Waals surface area contributed by atoms with Gasteiger partial charge < -0.3 is 10.2 Å². The molecule has 16 heavy (non-hydrogen) atoms. The highest BCUT2D eigenvalue weighted by molar-refractivity contribution is 5.47. The molecule has 0 unspecified atom stereocenters. The zero-order chi connectivity index (χ0) is 12.0. The Hall–Kier alpha value is -1.50. The molecule has 7 heteroatoms. The molecule has 0 aliphatic carbocycles. The lowest BCUT2D eigenvalue weighted by Crippen LogP contribution is -2.15. The maximum absolute atomic E-state index is 12.0. The average Bonchev–Trinajstić information content (AvgIpc) is 2.27. The summed E-state index contributed by atoms with van der Waals surface area (Å²) in [6, 6.07) is 0. The zero-order valence-electron chi connectivity index (χ0n) is 8.91. The predicted octanol–water partition coefficient (Wildman–Crippen LogP) is 1.36. The molecule has 0 aliphatic rings. The molecule has 1 aromatic heterocycles. The van der Waals surface area contributed by atoms with E-state index in [0.717, 1.165) is 6.42 Å². The van der Waals surface area contributed by atoms with E-state index in [9.17, 15) is 8.78 Å². The molecule has 0 saturated heterocycles. The number of ether oxygens (including phenoxy) is 1. The molecular formula is C9H14F2N4O. The predicted molar refractivity (Wildman–Crippen MR) is 55.3 cm³/mol. The Morgan fingerprint density at radius 1 is 1.50 bits per heavy atom. The van der Waals surface area contributed by atoms with Gasteiger partial charge in [0.25, 0.3) is 6.43 Å². The fourth-order valence-corrected chi connectivity index (χ4v) is 1.26. The van der Waals surface area contributed by atoms with Crippen molar-refractivity contribution in [1.82, 2.24) is 9.97 Å². The van der Waals surface area contributed by atoms with Crippen LogP contribution in [0, 0.1) is 0 Å². The van der Waals surface area contributed by atoms with E-state index in [-0.39, 0.29) is 5.88 Å². The molecule has 0 spiro atoms. The van der Waals surface area contributed by atoms with E-state index in [1.807, 2.05) is 6.92 Å². The molecule has 0 aliphatic heterocycles. The molecule has 90 valence electrons. The summed E-state index contributed by atoms with van der Waals surface area (Å²) in [4.78, 5) is 7.70. The third-order valence-corrected chi connectivity index (χ3v) is 1.89. The summed E-state index contributed by atoms with van der Waals surface area (Å²) in [5.41, 5.74) is 3.01. The van der Waals surface area contributed by atoms with Gasteiger partial charge in [-0.1, -0.05) is 13.3 Å². The number of hydrazine groups is 1. The van der Waals surface area contributed by atoms with E-state index < -0.39 is 13.0 Å². The molecule has 0 radical (unpaired) electrons. The van der Waals surface area contributed by atoms with Crippen molar-refractivity contribution in [1.29, 1.82) is 0 Å².